The van der Waals surface area contributed by atoms with E-state index in [1.807, 2.05) is 0 Å². The fourth-order valence-corrected chi connectivity index (χ4v) is 2.36. The summed E-state index contributed by atoms with van der Waals surface area (Å²) in [6.45, 7) is 1.16. The second-order valence-electron chi connectivity index (χ2n) is 3.76. The van der Waals surface area contributed by atoms with Crippen LogP contribution in [0.4, 0.5) is 0 Å². The minimum Gasteiger partial charge on any atom is -0.491 e. The molecule has 0 aromatic heterocycles. The van der Waals surface area contributed by atoms with E-state index in [4.69, 9.17) is 9.47 Å². The van der Waals surface area contributed by atoms with Crippen LogP contribution in [-0.2, 0) is 19.3 Å². The third kappa shape index (κ3) is 3.42. The highest BCUT2D eigenvalue weighted by atomic mass is 32.2. The van der Waals surface area contributed by atoms with Crippen LogP contribution in [0.3, 0.4) is 0 Å². The van der Waals surface area contributed by atoms with Crippen molar-refractivity contribution in [1.29, 1.82) is 0 Å². The van der Waals surface area contributed by atoms with E-state index >= 15 is 0 Å². The maximum absolute atomic E-state index is 11.7. The van der Waals surface area contributed by atoms with Gasteiger partial charge in [-0.1, -0.05) is 6.07 Å². The zero-order valence-electron chi connectivity index (χ0n) is 9.46. The molecule has 1 aliphatic heterocycles. The van der Waals surface area contributed by atoms with E-state index in [0.717, 1.165) is 0 Å². The molecule has 1 saturated heterocycles. The summed E-state index contributed by atoms with van der Waals surface area (Å²) in [5.74, 6) is 0.194. The van der Waals surface area contributed by atoms with E-state index in [2.05, 4.69) is 4.74 Å². The minimum atomic E-state index is -3.39. The summed E-state index contributed by atoms with van der Waals surface area (Å²) in [7, 11) is -2.04. The molecule has 0 bridgehead atoms. The Morgan fingerprint density at radius 1 is 1.47 bits per heavy atom. The van der Waals surface area contributed by atoms with Gasteiger partial charge in [0.05, 0.1) is 11.5 Å². The Morgan fingerprint density at radius 2 is 2.24 bits per heavy atom. The van der Waals surface area contributed by atoms with E-state index < -0.39 is 9.84 Å². The summed E-state index contributed by atoms with van der Waals surface area (Å²) in [5, 5.41) is 0. The second-order valence-corrected chi connectivity index (χ2v) is 5.70. The lowest BCUT2D eigenvalue weighted by Gasteiger charge is -2.07. The van der Waals surface area contributed by atoms with Gasteiger partial charge in [-0.3, -0.25) is 0 Å². The Labute approximate surface area is 100 Å². The van der Waals surface area contributed by atoms with Crippen molar-refractivity contribution in [2.45, 2.75) is 11.0 Å². The molecule has 94 valence electrons. The quantitative estimate of drug-likeness (QED) is 0.707. The van der Waals surface area contributed by atoms with E-state index in [0.29, 0.717) is 19.0 Å². The highest BCUT2D eigenvalue weighted by Crippen LogP contribution is 2.20. The van der Waals surface area contributed by atoms with Crippen molar-refractivity contribution in [2.24, 2.45) is 0 Å². The molecule has 1 aromatic carbocycles. The SMILES string of the molecule is COCS(=O)(=O)c1cccc(OCC2CO2)c1. The lowest BCUT2D eigenvalue weighted by molar-refractivity contribution is 0.249. The molecule has 17 heavy (non-hydrogen) atoms. The van der Waals surface area contributed by atoms with Gasteiger partial charge < -0.3 is 14.2 Å². The van der Waals surface area contributed by atoms with Crippen LogP contribution in [0.25, 0.3) is 0 Å². The Kier molecular flexibility index (Phi) is 3.66. The number of benzene rings is 1. The van der Waals surface area contributed by atoms with E-state index in [-0.39, 0.29) is 16.9 Å². The third-order valence-electron chi connectivity index (χ3n) is 2.28. The normalized spacial score (nSPS) is 19.0. The standard InChI is InChI=1S/C11H14O5S/c1-14-8-17(12,13)11-4-2-3-9(5-11)15-6-10-7-16-10/h2-5,10H,6-8H2,1H3. The van der Waals surface area contributed by atoms with Crippen molar-refractivity contribution in [2.75, 3.05) is 26.3 Å². The minimum absolute atomic E-state index is 0.147. The number of hydrogen-bond donors (Lipinski definition) is 0. The molecule has 0 aliphatic carbocycles. The number of epoxide rings is 1. The summed E-state index contributed by atoms with van der Waals surface area (Å²) in [6.07, 6.45) is 0.147. The molecule has 0 spiro atoms. The van der Waals surface area contributed by atoms with Crippen molar-refractivity contribution < 1.29 is 22.6 Å². The Balaban J connectivity index is 2.09. The predicted molar refractivity (Wildman–Crippen MR) is 60.7 cm³/mol. The van der Waals surface area contributed by atoms with Crippen LogP contribution in [0.1, 0.15) is 0 Å². The summed E-state index contributed by atoms with van der Waals surface area (Å²) >= 11 is 0. The number of methoxy groups -OCH3 is 1. The van der Waals surface area contributed by atoms with E-state index in [1.54, 1.807) is 12.1 Å². The summed E-state index contributed by atoms with van der Waals surface area (Å²) < 4.78 is 38.5. The monoisotopic (exact) mass is 258 g/mol. The van der Waals surface area contributed by atoms with E-state index in [1.165, 1.54) is 19.2 Å². The van der Waals surface area contributed by atoms with Crippen LogP contribution in [0.15, 0.2) is 29.2 Å². The first kappa shape index (κ1) is 12.3. The molecule has 1 fully saturated rings. The summed E-state index contributed by atoms with van der Waals surface area (Å²) in [5.41, 5.74) is 0. The molecular formula is C11H14O5S. The molecule has 5 nitrogen and oxygen atoms in total. The first-order chi connectivity index (χ1) is 8.12. The zero-order chi connectivity index (χ0) is 12.3. The van der Waals surface area contributed by atoms with Gasteiger partial charge in [0.25, 0.3) is 0 Å². The first-order valence-electron chi connectivity index (χ1n) is 5.18. The lowest BCUT2D eigenvalue weighted by Crippen LogP contribution is -2.09. The maximum atomic E-state index is 11.7. The summed E-state index contributed by atoms with van der Waals surface area (Å²) in [6, 6.07) is 6.38. The number of ether oxygens (including phenoxy) is 3. The molecule has 0 N–H and O–H groups in total. The van der Waals surface area contributed by atoms with Crippen molar-refractivity contribution >= 4 is 9.84 Å². The highest BCUT2D eigenvalue weighted by molar-refractivity contribution is 7.91. The predicted octanol–water partition coefficient (Wildman–Crippen LogP) is 0.842. The molecule has 1 aromatic rings. The molecule has 0 radical (unpaired) electrons. The number of sulfone groups is 1. The molecule has 2 rings (SSSR count). The van der Waals surface area contributed by atoms with Gasteiger partial charge in [-0.2, -0.15) is 0 Å². The fraction of sp³-hybridized carbons (Fsp3) is 0.455. The van der Waals surface area contributed by atoms with Crippen molar-refractivity contribution in [3.05, 3.63) is 24.3 Å². The molecule has 1 atom stereocenters. The van der Waals surface area contributed by atoms with Gasteiger partial charge in [-0.05, 0) is 18.2 Å². The highest BCUT2D eigenvalue weighted by Gasteiger charge is 2.23. The summed E-state index contributed by atoms with van der Waals surface area (Å²) in [4.78, 5) is 0.202. The zero-order valence-corrected chi connectivity index (χ0v) is 10.3. The van der Waals surface area contributed by atoms with Crippen LogP contribution in [-0.4, -0.2) is 40.8 Å². The lowest BCUT2D eigenvalue weighted by atomic mass is 10.3. The molecule has 1 heterocycles. The molecule has 0 saturated carbocycles. The van der Waals surface area contributed by atoms with Crippen LogP contribution in [0, 0.1) is 0 Å². The van der Waals surface area contributed by atoms with Gasteiger partial charge in [0, 0.05) is 7.11 Å². The molecule has 1 aliphatic rings. The van der Waals surface area contributed by atoms with Gasteiger partial charge in [0.1, 0.15) is 18.5 Å². The average molecular weight is 258 g/mol. The Morgan fingerprint density at radius 3 is 2.88 bits per heavy atom. The van der Waals surface area contributed by atoms with Crippen molar-refractivity contribution in [1.82, 2.24) is 0 Å². The van der Waals surface area contributed by atoms with Crippen LogP contribution >= 0.6 is 0 Å². The second kappa shape index (κ2) is 5.03. The molecule has 6 heteroatoms. The smallest absolute Gasteiger partial charge is 0.202 e. The number of hydrogen-bond acceptors (Lipinski definition) is 5. The van der Waals surface area contributed by atoms with E-state index in [9.17, 15) is 8.42 Å². The maximum Gasteiger partial charge on any atom is 0.202 e. The van der Waals surface area contributed by atoms with Gasteiger partial charge in [-0.15, -0.1) is 0 Å². The Hall–Kier alpha value is -1.11. The number of rotatable bonds is 6. The van der Waals surface area contributed by atoms with Gasteiger partial charge in [-0.25, -0.2) is 8.42 Å². The van der Waals surface area contributed by atoms with Gasteiger partial charge in [0.15, 0.2) is 5.94 Å². The van der Waals surface area contributed by atoms with Crippen LogP contribution in [0.5, 0.6) is 5.75 Å². The largest absolute Gasteiger partial charge is 0.491 e. The van der Waals surface area contributed by atoms with Crippen molar-refractivity contribution in [3.8, 4) is 5.75 Å². The first-order valence-corrected chi connectivity index (χ1v) is 6.83. The molecule has 1 unspecified atom stereocenters. The van der Waals surface area contributed by atoms with Crippen LogP contribution < -0.4 is 4.74 Å². The molecular weight excluding hydrogens is 244 g/mol. The van der Waals surface area contributed by atoms with Gasteiger partial charge in [0.2, 0.25) is 9.84 Å². The topological polar surface area (TPSA) is 65.1 Å². The van der Waals surface area contributed by atoms with Gasteiger partial charge >= 0.3 is 0 Å². The third-order valence-corrected chi connectivity index (χ3v) is 3.79. The van der Waals surface area contributed by atoms with Crippen LogP contribution in [0.2, 0.25) is 0 Å². The fourth-order valence-electron chi connectivity index (χ4n) is 1.33. The van der Waals surface area contributed by atoms with Crippen molar-refractivity contribution in [3.63, 3.8) is 0 Å². The molecule has 0 amide bonds. The Bertz CT molecular complexity index is 478. The average Bonchev–Trinajstić information content (AvgIpc) is 3.10.